The largest absolute Gasteiger partial charge is 0.346 e. The Morgan fingerprint density at radius 2 is 2.24 bits per heavy atom. The van der Waals surface area contributed by atoms with Gasteiger partial charge in [-0.25, -0.2) is 9.67 Å². The molecule has 8 heteroatoms. The number of carbonyl (C=O) groups excluding carboxylic acids is 1. The first kappa shape index (κ1) is 15.1. The van der Waals surface area contributed by atoms with Crippen LogP contribution in [-0.4, -0.2) is 35.7 Å². The van der Waals surface area contributed by atoms with Crippen molar-refractivity contribution >= 4 is 5.91 Å². The Hall–Kier alpha value is -2.25. The summed E-state index contributed by atoms with van der Waals surface area (Å²) in [7, 11) is 1.93. The van der Waals surface area contributed by atoms with E-state index >= 15 is 0 Å². The van der Waals surface area contributed by atoms with Gasteiger partial charge < -0.3 is 9.88 Å². The maximum Gasteiger partial charge on any atom is 0.220 e. The smallest absolute Gasteiger partial charge is 0.220 e. The van der Waals surface area contributed by atoms with Crippen molar-refractivity contribution in [2.45, 2.75) is 39.3 Å². The normalized spacial score (nSPS) is 12.6. The second kappa shape index (κ2) is 6.96. The Morgan fingerprint density at radius 3 is 2.81 bits per heavy atom. The molecule has 1 N–H and O–H groups in total. The van der Waals surface area contributed by atoms with Crippen LogP contribution < -0.4 is 5.32 Å². The van der Waals surface area contributed by atoms with E-state index in [1.807, 2.05) is 17.8 Å². The van der Waals surface area contributed by atoms with Gasteiger partial charge in [0.05, 0.1) is 6.04 Å². The fraction of sp³-hybridized carbons (Fsp3) is 0.615. The van der Waals surface area contributed by atoms with Crippen LogP contribution in [0.3, 0.4) is 0 Å². The van der Waals surface area contributed by atoms with Gasteiger partial charge in [0.15, 0.2) is 0 Å². The first-order valence-corrected chi connectivity index (χ1v) is 7.05. The summed E-state index contributed by atoms with van der Waals surface area (Å²) in [6.07, 6.45) is 6.31. The number of nitrogens with zero attached hydrogens (tertiary/aromatic N) is 6. The quantitative estimate of drug-likeness (QED) is 0.811. The maximum atomic E-state index is 12.1. The van der Waals surface area contributed by atoms with Crippen LogP contribution in [0.15, 0.2) is 18.7 Å². The Balaban J connectivity index is 1.85. The van der Waals surface area contributed by atoms with Gasteiger partial charge in [0, 0.05) is 32.4 Å². The maximum absolute atomic E-state index is 12.1. The summed E-state index contributed by atoms with van der Waals surface area (Å²) in [6, 6.07) is -0.0782. The van der Waals surface area contributed by atoms with Crippen LogP contribution in [0.25, 0.3) is 0 Å². The van der Waals surface area contributed by atoms with Gasteiger partial charge in [0.2, 0.25) is 5.91 Å². The highest BCUT2D eigenvalue weighted by atomic mass is 16.1. The molecule has 0 spiro atoms. The van der Waals surface area contributed by atoms with Crippen molar-refractivity contribution < 1.29 is 4.79 Å². The number of aromatic nitrogens is 6. The summed E-state index contributed by atoms with van der Waals surface area (Å²) < 4.78 is 3.55. The highest BCUT2D eigenvalue weighted by molar-refractivity contribution is 5.76. The lowest BCUT2D eigenvalue weighted by Gasteiger charge is -2.22. The number of tetrazole rings is 1. The van der Waals surface area contributed by atoms with E-state index in [9.17, 15) is 4.79 Å². The number of hydrogen-bond acceptors (Lipinski definition) is 5. The molecule has 8 nitrogen and oxygen atoms in total. The topological polar surface area (TPSA) is 90.5 Å². The second-order valence-electron chi connectivity index (χ2n) is 5.36. The van der Waals surface area contributed by atoms with Gasteiger partial charge in [-0.3, -0.25) is 4.79 Å². The molecule has 21 heavy (non-hydrogen) atoms. The molecule has 2 aromatic heterocycles. The molecule has 1 amide bonds. The number of hydrogen-bond donors (Lipinski definition) is 1. The molecule has 2 aromatic rings. The van der Waals surface area contributed by atoms with E-state index in [2.05, 4.69) is 39.7 Å². The Bertz CT molecular complexity index is 561. The Kier molecular flexibility index (Phi) is 5.02. The predicted molar refractivity (Wildman–Crippen MR) is 76.0 cm³/mol. The van der Waals surface area contributed by atoms with Crippen LogP contribution in [0.5, 0.6) is 0 Å². The average molecular weight is 291 g/mol. The first-order chi connectivity index (χ1) is 10.1. The summed E-state index contributed by atoms with van der Waals surface area (Å²) in [4.78, 5) is 16.4. The minimum atomic E-state index is -0.0782. The molecule has 0 unspecified atom stereocenters. The van der Waals surface area contributed by atoms with E-state index in [1.54, 1.807) is 17.2 Å². The molecule has 0 aliphatic rings. The number of imidazole rings is 1. The van der Waals surface area contributed by atoms with Gasteiger partial charge in [-0.15, -0.1) is 5.10 Å². The lowest BCUT2D eigenvalue weighted by atomic mass is 10.0. The van der Waals surface area contributed by atoms with Crippen molar-refractivity contribution in [1.29, 1.82) is 0 Å². The molecule has 1 atom stereocenters. The SMILES string of the molecule is CC(C)[C@H](NC(=O)CCCn1cnnn1)c1nccn1C. The number of nitrogens with one attached hydrogen (secondary N) is 1. The van der Waals surface area contributed by atoms with Crippen LogP contribution in [0.2, 0.25) is 0 Å². The van der Waals surface area contributed by atoms with Crippen molar-refractivity contribution in [3.63, 3.8) is 0 Å². The summed E-state index contributed by atoms with van der Waals surface area (Å²) in [5.41, 5.74) is 0. The molecule has 0 fully saturated rings. The van der Waals surface area contributed by atoms with Gasteiger partial charge in [0.1, 0.15) is 12.2 Å². The van der Waals surface area contributed by atoms with Gasteiger partial charge in [0.25, 0.3) is 0 Å². The molecule has 0 saturated carbocycles. The summed E-state index contributed by atoms with van der Waals surface area (Å²) >= 11 is 0. The zero-order chi connectivity index (χ0) is 15.2. The fourth-order valence-electron chi connectivity index (χ4n) is 2.14. The van der Waals surface area contributed by atoms with Crippen LogP contribution in [-0.2, 0) is 18.4 Å². The van der Waals surface area contributed by atoms with Gasteiger partial charge in [-0.05, 0) is 22.8 Å². The molecule has 0 aliphatic carbocycles. The lowest BCUT2D eigenvalue weighted by Crippen LogP contribution is -2.33. The summed E-state index contributed by atoms with van der Waals surface area (Å²) in [5.74, 6) is 1.16. The average Bonchev–Trinajstić information content (AvgIpc) is 3.07. The molecule has 0 aromatic carbocycles. The number of aryl methyl sites for hydroxylation is 2. The predicted octanol–water partition coefficient (Wildman–Crippen LogP) is 0.700. The van der Waals surface area contributed by atoms with E-state index in [0.29, 0.717) is 19.4 Å². The summed E-state index contributed by atoms with van der Waals surface area (Å²) in [6.45, 7) is 4.77. The van der Waals surface area contributed by atoms with Gasteiger partial charge >= 0.3 is 0 Å². The van der Waals surface area contributed by atoms with E-state index in [1.165, 1.54) is 0 Å². The van der Waals surface area contributed by atoms with Crippen LogP contribution in [0.4, 0.5) is 0 Å². The molecule has 0 saturated heterocycles. The lowest BCUT2D eigenvalue weighted by molar-refractivity contribution is -0.122. The fourth-order valence-corrected chi connectivity index (χ4v) is 2.14. The monoisotopic (exact) mass is 291 g/mol. The number of carbonyl (C=O) groups is 1. The van der Waals surface area contributed by atoms with Gasteiger partial charge in [-0.1, -0.05) is 13.8 Å². The minimum absolute atomic E-state index is 0.0183. The molecular formula is C13H21N7O. The second-order valence-corrected chi connectivity index (χ2v) is 5.36. The van der Waals surface area contributed by atoms with E-state index in [0.717, 1.165) is 5.82 Å². The molecule has 114 valence electrons. The summed E-state index contributed by atoms with van der Waals surface area (Å²) in [5, 5.41) is 13.9. The third-order valence-electron chi connectivity index (χ3n) is 3.30. The molecule has 0 radical (unpaired) electrons. The van der Waals surface area contributed by atoms with Crippen molar-refractivity contribution in [3.05, 3.63) is 24.5 Å². The van der Waals surface area contributed by atoms with Crippen LogP contribution >= 0.6 is 0 Å². The first-order valence-electron chi connectivity index (χ1n) is 7.05. The van der Waals surface area contributed by atoms with Crippen molar-refractivity contribution in [2.75, 3.05) is 0 Å². The Labute approximate surface area is 123 Å². The number of rotatable bonds is 7. The van der Waals surface area contributed by atoms with Crippen molar-refractivity contribution in [3.8, 4) is 0 Å². The van der Waals surface area contributed by atoms with Crippen molar-refractivity contribution in [2.24, 2.45) is 13.0 Å². The highest BCUT2D eigenvalue weighted by Crippen LogP contribution is 2.19. The highest BCUT2D eigenvalue weighted by Gasteiger charge is 2.21. The van der Waals surface area contributed by atoms with Gasteiger partial charge in [-0.2, -0.15) is 0 Å². The standard InChI is InChI=1S/C13H21N7O/c1-10(2)12(13-14-6-8-19(13)3)16-11(21)5-4-7-20-9-15-17-18-20/h6,8-10,12H,4-5,7H2,1-3H3,(H,16,21)/t12-/m0/s1. The number of amides is 1. The van der Waals surface area contributed by atoms with E-state index in [4.69, 9.17) is 0 Å². The Morgan fingerprint density at radius 1 is 1.43 bits per heavy atom. The van der Waals surface area contributed by atoms with E-state index in [-0.39, 0.29) is 17.9 Å². The molecule has 0 bridgehead atoms. The van der Waals surface area contributed by atoms with Crippen LogP contribution in [0.1, 0.15) is 38.6 Å². The third-order valence-corrected chi connectivity index (χ3v) is 3.30. The third kappa shape index (κ3) is 4.11. The molecule has 2 heterocycles. The zero-order valence-electron chi connectivity index (χ0n) is 12.6. The minimum Gasteiger partial charge on any atom is -0.346 e. The van der Waals surface area contributed by atoms with Crippen LogP contribution in [0, 0.1) is 5.92 Å². The molecule has 2 rings (SSSR count). The van der Waals surface area contributed by atoms with Crippen molar-refractivity contribution in [1.82, 2.24) is 35.1 Å². The van der Waals surface area contributed by atoms with E-state index < -0.39 is 0 Å². The molecular weight excluding hydrogens is 270 g/mol. The zero-order valence-corrected chi connectivity index (χ0v) is 12.6. The molecule has 0 aliphatic heterocycles.